The van der Waals surface area contributed by atoms with Gasteiger partial charge in [0.15, 0.2) is 0 Å². The molecule has 0 saturated carbocycles. The van der Waals surface area contributed by atoms with Gasteiger partial charge in [0, 0.05) is 66.0 Å². The number of anilines is 2. The summed E-state index contributed by atoms with van der Waals surface area (Å²) >= 11 is 2.26. The number of rotatable bonds is 16. The van der Waals surface area contributed by atoms with Crippen LogP contribution in [-0.4, -0.2) is 62.0 Å². The van der Waals surface area contributed by atoms with Crippen LogP contribution in [-0.2, 0) is 0 Å². The molecule has 252 valence electrons. The molecule has 0 aliphatic rings. The fourth-order valence-corrected chi connectivity index (χ4v) is 5.88. The summed E-state index contributed by atoms with van der Waals surface area (Å²) in [6, 6.07) is 7.91. The molecule has 0 saturated heterocycles. The minimum atomic E-state index is -0.405. The van der Waals surface area contributed by atoms with Gasteiger partial charge in [-0.3, -0.25) is 30.0 Å². The molecule has 2 aromatic heterocycles. The predicted molar refractivity (Wildman–Crippen MR) is 192 cm³/mol. The molecule has 1 aromatic carbocycles. The highest BCUT2D eigenvalue weighted by atomic mass is 127. The molecule has 0 aliphatic heterocycles. The number of aryl methyl sites for hydroxylation is 1. The minimum Gasteiger partial charge on any atom is -0.388 e. The van der Waals surface area contributed by atoms with Gasteiger partial charge in [0.1, 0.15) is 11.4 Å². The minimum absolute atomic E-state index is 0.0202. The number of hydrogen-bond donors (Lipinski definition) is 8. The van der Waals surface area contributed by atoms with Gasteiger partial charge in [-0.25, -0.2) is 0 Å². The van der Waals surface area contributed by atoms with Gasteiger partial charge in [0.25, 0.3) is 23.6 Å². The maximum absolute atomic E-state index is 13.2. The van der Waals surface area contributed by atoms with Crippen LogP contribution in [0.2, 0.25) is 0 Å². The zero-order chi connectivity index (χ0) is 34.8. The summed E-state index contributed by atoms with van der Waals surface area (Å²) in [5.41, 5.74) is 13.7. The number of benzene rings is 1. The quantitative estimate of drug-likeness (QED) is 0.0463. The molecule has 15 heteroatoms. The van der Waals surface area contributed by atoms with Crippen molar-refractivity contribution >= 4 is 69.3 Å². The van der Waals surface area contributed by atoms with Crippen molar-refractivity contribution in [2.75, 3.05) is 28.2 Å². The Kier molecular flexibility index (Phi) is 13.1. The predicted octanol–water partition coefficient (Wildman–Crippen LogP) is 4.18. The van der Waals surface area contributed by atoms with E-state index in [2.05, 4.69) is 43.9 Å². The zero-order valence-corrected chi connectivity index (χ0v) is 29.2. The lowest BCUT2D eigenvalue weighted by molar-refractivity contribution is 0.0936. The number of carbonyl (C=O) groups excluding carboxylic acids is 4. The Bertz CT molecular complexity index is 1650. The summed E-state index contributed by atoms with van der Waals surface area (Å²) in [6.45, 7) is 8.03. The number of nitrogens with zero attached hydrogens (tertiary/aromatic N) is 2. The number of amidine groups is 2. The highest BCUT2D eigenvalue weighted by molar-refractivity contribution is 14.1. The van der Waals surface area contributed by atoms with Crippen LogP contribution in [0.25, 0.3) is 0 Å². The molecule has 47 heavy (non-hydrogen) atoms. The molecule has 0 radical (unpaired) electrons. The number of amides is 4. The van der Waals surface area contributed by atoms with E-state index in [-0.39, 0.29) is 61.5 Å². The van der Waals surface area contributed by atoms with Gasteiger partial charge in [-0.05, 0) is 63.1 Å². The van der Waals surface area contributed by atoms with Crippen molar-refractivity contribution in [1.29, 1.82) is 10.8 Å². The molecular formula is C32H43IN10O4. The van der Waals surface area contributed by atoms with Crippen LogP contribution < -0.4 is 32.7 Å². The summed E-state index contributed by atoms with van der Waals surface area (Å²) in [5, 5.41) is 25.9. The maximum Gasteiger partial charge on any atom is 0.268 e. The first-order valence-electron chi connectivity index (χ1n) is 15.2. The average molecular weight is 759 g/mol. The van der Waals surface area contributed by atoms with Crippen molar-refractivity contribution in [1.82, 2.24) is 19.8 Å². The third kappa shape index (κ3) is 9.91. The summed E-state index contributed by atoms with van der Waals surface area (Å²) in [6.07, 6.45) is 4.67. The molecule has 1 unspecified atom stereocenters. The van der Waals surface area contributed by atoms with Crippen LogP contribution in [0.15, 0.2) is 42.7 Å². The smallest absolute Gasteiger partial charge is 0.268 e. The molecule has 0 spiro atoms. The first-order chi connectivity index (χ1) is 22.2. The van der Waals surface area contributed by atoms with Crippen LogP contribution in [0.1, 0.15) is 99.4 Å². The van der Waals surface area contributed by atoms with E-state index in [0.717, 1.165) is 10.8 Å². The number of alkyl halides is 1. The largest absolute Gasteiger partial charge is 0.388 e. The van der Waals surface area contributed by atoms with Gasteiger partial charge in [0.05, 0.1) is 23.0 Å². The molecule has 2 heterocycles. The molecule has 0 fully saturated rings. The lowest BCUT2D eigenvalue weighted by atomic mass is 10.0. The first kappa shape index (κ1) is 36.8. The lowest BCUT2D eigenvalue weighted by Crippen LogP contribution is -2.30. The second kappa shape index (κ2) is 16.8. The highest BCUT2D eigenvalue weighted by Gasteiger charge is 2.21. The second-order valence-electron chi connectivity index (χ2n) is 11.4. The number of carbonyl (C=O) groups is 4. The Morgan fingerprint density at radius 1 is 0.809 bits per heavy atom. The van der Waals surface area contributed by atoms with Crippen molar-refractivity contribution in [3.8, 4) is 0 Å². The molecule has 3 rings (SSSR count). The lowest BCUT2D eigenvalue weighted by Gasteiger charge is -2.17. The summed E-state index contributed by atoms with van der Waals surface area (Å²) in [4.78, 5) is 52.2. The van der Waals surface area contributed by atoms with Gasteiger partial charge in [-0.2, -0.15) is 0 Å². The topological polar surface area (TPSA) is 226 Å². The molecule has 4 amide bonds. The van der Waals surface area contributed by atoms with Gasteiger partial charge in [0.2, 0.25) is 0 Å². The van der Waals surface area contributed by atoms with Crippen LogP contribution in [0.3, 0.4) is 0 Å². The van der Waals surface area contributed by atoms with E-state index >= 15 is 0 Å². The second-order valence-corrected chi connectivity index (χ2v) is 12.2. The Balaban J connectivity index is 1.75. The van der Waals surface area contributed by atoms with E-state index in [0.29, 0.717) is 39.5 Å². The van der Waals surface area contributed by atoms with E-state index in [9.17, 15) is 19.2 Å². The number of nitrogens with two attached hydrogens (primary N) is 2. The van der Waals surface area contributed by atoms with Crippen LogP contribution >= 0.6 is 22.6 Å². The monoisotopic (exact) mass is 758 g/mol. The van der Waals surface area contributed by atoms with E-state index in [1.165, 1.54) is 0 Å². The molecular weight excluding hydrogens is 715 g/mol. The van der Waals surface area contributed by atoms with Crippen molar-refractivity contribution in [2.24, 2.45) is 11.5 Å². The van der Waals surface area contributed by atoms with Crippen molar-refractivity contribution in [3.05, 3.63) is 70.8 Å². The number of nitrogens with one attached hydrogen (secondary N) is 6. The Hall–Kier alpha value is -4.67. The van der Waals surface area contributed by atoms with Gasteiger partial charge < -0.3 is 41.9 Å². The van der Waals surface area contributed by atoms with E-state index in [4.69, 9.17) is 22.3 Å². The van der Waals surface area contributed by atoms with Gasteiger partial charge in [-0.15, -0.1) is 0 Å². The highest BCUT2D eigenvalue weighted by Crippen LogP contribution is 2.25. The summed E-state index contributed by atoms with van der Waals surface area (Å²) in [7, 11) is 0. The molecule has 3 aromatic rings. The third-order valence-electron chi connectivity index (χ3n) is 7.37. The van der Waals surface area contributed by atoms with Crippen molar-refractivity contribution in [3.63, 3.8) is 0 Å². The van der Waals surface area contributed by atoms with E-state index < -0.39 is 11.8 Å². The van der Waals surface area contributed by atoms with E-state index in [1.807, 2.05) is 25.3 Å². The van der Waals surface area contributed by atoms with Gasteiger partial charge in [-0.1, -0.05) is 29.5 Å². The number of hydrogen-bond acceptors (Lipinski definition) is 6. The SMILES string of the molecule is CCC(CI)n1cc(NC(=O)c2ccc(C(=O)Nc3cc(C(=O)NCCC(=N)N)n(C(C)C)c3)c(C)c2)cc1C(=O)NCCC(=N)N. The first-order valence-corrected chi connectivity index (χ1v) is 16.7. The summed E-state index contributed by atoms with van der Waals surface area (Å²) < 4.78 is 4.35. The van der Waals surface area contributed by atoms with Crippen molar-refractivity contribution in [2.45, 2.75) is 59.0 Å². The fraction of sp³-hybridized carbons (Fsp3) is 0.375. The van der Waals surface area contributed by atoms with Crippen molar-refractivity contribution < 1.29 is 19.2 Å². The fourth-order valence-electron chi connectivity index (χ4n) is 4.83. The van der Waals surface area contributed by atoms with E-state index in [1.54, 1.807) is 54.2 Å². The van der Waals surface area contributed by atoms with Crippen LogP contribution in [0, 0.1) is 17.7 Å². The number of aromatic nitrogens is 2. The summed E-state index contributed by atoms with van der Waals surface area (Å²) in [5.74, 6) is -1.52. The van der Waals surface area contributed by atoms with Gasteiger partial charge >= 0.3 is 0 Å². The standard InChI is InChI=1S/C32H43IN10O4/c1-5-23(15-33)43-17-22(14-26(43)32(47)39-11-9-28(36)37)40-29(44)20-6-7-24(19(4)12-20)30(45)41-21-13-25(42(16-21)18(2)3)31(46)38-10-8-27(34)35/h6-7,12-14,16-18,23H,5,8-11,15H2,1-4H3,(H3,34,35)(H3,36,37)(H,38,46)(H,39,47)(H,40,44)(H,41,45). The Labute approximate surface area is 287 Å². The Morgan fingerprint density at radius 2 is 1.32 bits per heavy atom. The maximum atomic E-state index is 13.2. The molecule has 10 N–H and O–H groups in total. The average Bonchev–Trinajstić information content (AvgIpc) is 3.62. The van der Waals surface area contributed by atoms with Crippen LogP contribution in [0.5, 0.6) is 0 Å². The molecule has 0 aliphatic carbocycles. The normalized spacial score (nSPS) is 11.5. The molecule has 0 bridgehead atoms. The molecule has 1 atom stereocenters. The zero-order valence-electron chi connectivity index (χ0n) is 27.0. The van der Waals surface area contributed by atoms with Crippen LogP contribution in [0.4, 0.5) is 11.4 Å². The molecule has 14 nitrogen and oxygen atoms in total. The Morgan fingerprint density at radius 3 is 1.79 bits per heavy atom. The third-order valence-corrected chi connectivity index (χ3v) is 8.39. The number of halogens is 1.